The molecule has 2 atom stereocenters. The predicted molar refractivity (Wildman–Crippen MR) is 68.5 cm³/mol. The van der Waals surface area contributed by atoms with Crippen molar-refractivity contribution in [3.8, 4) is 0 Å². The van der Waals surface area contributed by atoms with Crippen LogP contribution in [-0.4, -0.2) is 24.3 Å². The zero-order valence-corrected chi connectivity index (χ0v) is 10.3. The van der Waals surface area contributed by atoms with Gasteiger partial charge in [0.2, 0.25) is 0 Å². The van der Waals surface area contributed by atoms with E-state index < -0.39 is 0 Å². The number of hydrogen-bond acceptors (Lipinski definition) is 2. The van der Waals surface area contributed by atoms with Crippen molar-refractivity contribution in [3.05, 3.63) is 35.9 Å². The van der Waals surface area contributed by atoms with Crippen LogP contribution in [0.3, 0.4) is 0 Å². The molecule has 0 spiro atoms. The summed E-state index contributed by atoms with van der Waals surface area (Å²) in [4.78, 5) is 0. The lowest BCUT2D eigenvalue weighted by Crippen LogP contribution is -2.34. The molecule has 0 bridgehead atoms. The fraction of sp³-hybridized carbons (Fsp3) is 0.571. The Labute approximate surface area is 98.7 Å². The molecule has 2 unspecified atom stereocenters. The topological polar surface area (TPSA) is 32.3 Å². The molecule has 0 heterocycles. The zero-order valence-electron chi connectivity index (χ0n) is 10.3. The van der Waals surface area contributed by atoms with Gasteiger partial charge in [-0.15, -0.1) is 0 Å². The Morgan fingerprint density at radius 2 is 1.94 bits per heavy atom. The molecule has 2 nitrogen and oxygen atoms in total. The minimum absolute atomic E-state index is 0.259. The van der Waals surface area contributed by atoms with E-state index in [2.05, 4.69) is 43.4 Å². The average molecular weight is 221 g/mol. The highest BCUT2D eigenvalue weighted by Gasteiger charge is 2.08. The van der Waals surface area contributed by atoms with E-state index in [1.165, 1.54) is 5.56 Å². The van der Waals surface area contributed by atoms with Gasteiger partial charge in [0, 0.05) is 19.2 Å². The summed E-state index contributed by atoms with van der Waals surface area (Å²) in [5, 5.41) is 12.5. The molecule has 16 heavy (non-hydrogen) atoms. The summed E-state index contributed by atoms with van der Waals surface area (Å²) in [6.45, 7) is 5.41. The Bertz CT molecular complexity index is 273. The van der Waals surface area contributed by atoms with Crippen LogP contribution in [0.4, 0.5) is 0 Å². The predicted octanol–water partition coefficient (Wildman–Crippen LogP) is 2.23. The molecule has 2 N–H and O–H groups in total. The standard InChI is InChI=1S/C14H23NO/c1-3-14(15-10-12(2)11-16)9-13-7-5-4-6-8-13/h4-8,12,14-16H,3,9-11H2,1-2H3. The lowest BCUT2D eigenvalue weighted by atomic mass is 10.0. The number of hydrogen-bond donors (Lipinski definition) is 2. The van der Waals surface area contributed by atoms with Gasteiger partial charge in [0.1, 0.15) is 0 Å². The second-order valence-electron chi connectivity index (χ2n) is 4.49. The Kier molecular flexibility index (Phi) is 6.12. The quantitative estimate of drug-likeness (QED) is 0.740. The van der Waals surface area contributed by atoms with E-state index in [0.717, 1.165) is 19.4 Å². The number of benzene rings is 1. The lowest BCUT2D eigenvalue weighted by molar-refractivity contribution is 0.229. The summed E-state index contributed by atoms with van der Waals surface area (Å²) in [6.07, 6.45) is 2.18. The fourth-order valence-corrected chi connectivity index (χ4v) is 1.69. The van der Waals surface area contributed by atoms with Crippen molar-refractivity contribution in [2.75, 3.05) is 13.2 Å². The van der Waals surface area contributed by atoms with Gasteiger partial charge in [0.15, 0.2) is 0 Å². The van der Waals surface area contributed by atoms with Gasteiger partial charge in [-0.2, -0.15) is 0 Å². The average Bonchev–Trinajstić information content (AvgIpc) is 2.35. The molecule has 0 aliphatic heterocycles. The fourth-order valence-electron chi connectivity index (χ4n) is 1.69. The SMILES string of the molecule is CCC(Cc1ccccc1)NCC(C)CO. The third kappa shape index (κ3) is 4.77. The molecule has 0 aromatic heterocycles. The van der Waals surface area contributed by atoms with Gasteiger partial charge in [0.05, 0.1) is 0 Å². The van der Waals surface area contributed by atoms with E-state index in [4.69, 9.17) is 5.11 Å². The molecule has 1 rings (SSSR count). The van der Waals surface area contributed by atoms with E-state index in [1.807, 2.05) is 6.07 Å². The van der Waals surface area contributed by atoms with E-state index in [9.17, 15) is 0 Å². The van der Waals surface area contributed by atoms with Gasteiger partial charge >= 0.3 is 0 Å². The van der Waals surface area contributed by atoms with E-state index >= 15 is 0 Å². The van der Waals surface area contributed by atoms with Gasteiger partial charge in [-0.1, -0.05) is 44.2 Å². The second-order valence-corrected chi connectivity index (χ2v) is 4.49. The van der Waals surface area contributed by atoms with Gasteiger partial charge in [-0.25, -0.2) is 0 Å². The maximum absolute atomic E-state index is 8.97. The van der Waals surface area contributed by atoms with Crippen LogP contribution in [0, 0.1) is 5.92 Å². The minimum Gasteiger partial charge on any atom is -0.396 e. The van der Waals surface area contributed by atoms with E-state index in [1.54, 1.807) is 0 Å². The molecule has 0 saturated carbocycles. The van der Waals surface area contributed by atoms with Crippen molar-refractivity contribution in [2.45, 2.75) is 32.7 Å². The molecule has 0 fully saturated rings. The Morgan fingerprint density at radius 3 is 2.50 bits per heavy atom. The molecule has 0 amide bonds. The summed E-state index contributed by atoms with van der Waals surface area (Å²) in [6, 6.07) is 11.1. The smallest absolute Gasteiger partial charge is 0.0468 e. The first kappa shape index (κ1) is 13.2. The highest BCUT2D eigenvalue weighted by molar-refractivity contribution is 5.15. The Balaban J connectivity index is 2.37. The normalized spacial score (nSPS) is 14.7. The van der Waals surface area contributed by atoms with Crippen molar-refractivity contribution in [1.29, 1.82) is 0 Å². The second kappa shape index (κ2) is 7.42. The molecule has 1 aromatic rings. The maximum atomic E-state index is 8.97. The van der Waals surface area contributed by atoms with Crippen LogP contribution in [0.5, 0.6) is 0 Å². The first-order valence-corrected chi connectivity index (χ1v) is 6.14. The molecular formula is C14H23NO. The van der Waals surface area contributed by atoms with Crippen molar-refractivity contribution < 1.29 is 5.11 Å². The third-order valence-electron chi connectivity index (χ3n) is 2.88. The lowest BCUT2D eigenvalue weighted by Gasteiger charge is -2.19. The van der Waals surface area contributed by atoms with E-state index in [-0.39, 0.29) is 6.61 Å². The number of aliphatic hydroxyl groups is 1. The van der Waals surface area contributed by atoms with Crippen LogP contribution in [0.15, 0.2) is 30.3 Å². The van der Waals surface area contributed by atoms with Crippen LogP contribution in [0.2, 0.25) is 0 Å². The maximum Gasteiger partial charge on any atom is 0.0468 e. The van der Waals surface area contributed by atoms with Gasteiger partial charge in [-0.05, 0) is 24.3 Å². The minimum atomic E-state index is 0.259. The first-order chi connectivity index (χ1) is 7.76. The molecule has 0 aliphatic rings. The zero-order chi connectivity index (χ0) is 11.8. The molecule has 0 aliphatic carbocycles. The summed E-state index contributed by atoms with van der Waals surface area (Å²) in [5.74, 6) is 0.338. The highest BCUT2D eigenvalue weighted by atomic mass is 16.3. The van der Waals surface area contributed by atoms with E-state index in [0.29, 0.717) is 12.0 Å². The van der Waals surface area contributed by atoms with Crippen LogP contribution in [0.1, 0.15) is 25.8 Å². The highest BCUT2D eigenvalue weighted by Crippen LogP contribution is 2.06. The first-order valence-electron chi connectivity index (χ1n) is 6.14. The molecule has 0 radical (unpaired) electrons. The number of rotatable bonds is 7. The molecule has 90 valence electrons. The van der Waals surface area contributed by atoms with Crippen LogP contribution >= 0.6 is 0 Å². The Hall–Kier alpha value is -0.860. The summed E-state index contributed by atoms with van der Waals surface area (Å²) in [7, 11) is 0. The summed E-state index contributed by atoms with van der Waals surface area (Å²) in [5.41, 5.74) is 1.37. The molecule has 1 aromatic carbocycles. The van der Waals surface area contributed by atoms with Gasteiger partial charge < -0.3 is 10.4 Å². The number of aliphatic hydroxyl groups excluding tert-OH is 1. The van der Waals surface area contributed by atoms with Crippen molar-refractivity contribution in [1.82, 2.24) is 5.32 Å². The van der Waals surface area contributed by atoms with Crippen molar-refractivity contribution in [3.63, 3.8) is 0 Å². The van der Waals surface area contributed by atoms with Crippen LogP contribution < -0.4 is 5.32 Å². The third-order valence-corrected chi connectivity index (χ3v) is 2.88. The summed E-state index contributed by atoms with van der Waals surface area (Å²) < 4.78 is 0. The molecular weight excluding hydrogens is 198 g/mol. The van der Waals surface area contributed by atoms with Crippen molar-refractivity contribution in [2.24, 2.45) is 5.92 Å². The van der Waals surface area contributed by atoms with Crippen molar-refractivity contribution >= 4 is 0 Å². The van der Waals surface area contributed by atoms with Crippen LogP contribution in [-0.2, 0) is 6.42 Å². The molecule has 0 saturated heterocycles. The van der Waals surface area contributed by atoms with Crippen LogP contribution in [0.25, 0.3) is 0 Å². The number of nitrogens with one attached hydrogen (secondary N) is 1. The van der Waals surface area contributed by atoms with Gasteiger partial charge in [-0.3, -0.25) is 0 Å². The Morgan fingerprint density at radius 1 is 1.25 bits per heavy atom. The summed E-state index contributed by atoms with van der Waals surface area (Å²) >= 11 is 0. The largest absolute Gasteiger partial charge is 0.396 e. The molecule has 2 heteroatoms. The van der Waals surface area contributed by atoms with Gasteiger partial charge in [0.25, 0.3) is 0 Å². The monoisotopic (exact) mass is 221 g/mol.